The average molecular weight is 225 g/mol. The molecule has 2 rings (SSSR count). The first-order chi connectivity index (χ1) is 7.75. The van der Waals surface area contributed by atoms with Crippen molar-refractivity contribution in [2.75, 3.05) is 0 Å². The molecule has 0 spiro atoms. The van der Waals surface area contributed by atoms with Crippen LogP contribution in [-0.4, -0.2) is 14.4 Å². The van der Waals surface area contributed by atoms with Gasteiger partial charge in [0.1, 0.15) is 0 Å². The van der Waals surface area contributed by atoms with Crippen molar-refractivity contribution >= 4 is 5.78 Å². The van der Waals surface area contributed by atoms with Gasteiger partial charge in [-0.05, 0) is 13.8 Å². The van der Waals surface area contributed by atoms with Crippen LogP contribution in [-0.2, 0) is 0 Å². The van der Waals surface area contributed by atoms with E-state index >= 15 is 0 Å². The van der Waals surface area contributed by atoms with E-state index in [9.17, 15) is 0 Å². The Morgan fingerprint density at radius 3 is 1.88 bits per heavy atom. The first-order valence-electron chi connectivity index (χ1n) is 6.26. The van der Waals surface area contributed by atoms with Crippen LogP contribution < -0.4 is 0 Å². The van der Waals surface area contributed by atoms with E-state index in [4.69, 9.17) is 0 Å². The van der Waals surface area contributed by atoms with Crippen LogP contribution in [0.15, 0.2) is 12.4 Å². The number of rotatable bonds is 0. The van der Waals surface area contributed by atoms with Gasteiger partial charge in [-0.1, -0.05) is 41.5 Å². The zero-order chi connectivity index (χ0) is 13.1. The third-order valence-corrected chi connectivity index (χ3v) is 1.49. The maximum atomic E-state index is 4.24. The molecule has 94 valence electrons. The van der Waals surface area contributed by atoms with Crippen LogP contribution in [0.5, 0.6) is 0 Å². The fourth-order valence-corrected chi connectivity index (χ4v) is 1.12. The molecule has 1 N–H and O–H groups in total. The van der Waals surface area contributed by atoms with Gasteiger partial charge >= 0.3 is 0 Å². The number of aromatic nitrogens is 3. The minimum Gasteiger partial charge on any atom is -0.328 e. The summed E-state index contributed by atoms with van der Waals surface area (Å²) in [6, 6.07) is 0. The van der Waals surface area contributed by atoms with E-state index in [1.54, 1.807) is 0 Å². The van der Waals surface area contributed by atoms with Crippen molar-refractivity contribution in [3.8, 4) is 0 Å². The predicted octanol–water partition coefficient (Wildman–Crippen LogP) is 4.36. The fourth-order valence-electron chi connectivity index (χ4n) is 1.12. The van der Waals surface area contributed by atoms with Crippen LogP contribution in [0, 0.1) is 13.8 Å². The molecule has 0 aromatic carbocycles. The molecule has 0 aliphatic rings. The Kier molecular flexibility index (Phi) is 11.0. The fraction of sp³-hybridized carbons (Fsp3) is 0.615. The summed E-state index contributed by atoms with van der Waals surface area (Å²) in [6.45, 7) is 16.0. The van der Waals surface area contributed by atoms with Crippen molar-refractivity contribution < 1.29 is 0 Å². The average Bonchev–Trinajstić information content (AvgIpc) is 2.82. The van der Waals surface area contributed by atoms with Crippen molar-refractivity contribution in [1.82, 2.24) is 14.4 Å². The summed E-state index contributed by atoms with van der Waals surface area (Å²) in [7, 11) is 0. The quantitative estimate of drug-likeness (QED) is 0.710. The minimum absolute atomic E-state index is 0.926. The number of aryl methyl sites for hydroxylation is 2. The Morgan fingerprint density at radius 2 is 1.44 bits per heavy atom. The molecular formula is C13H27N3. The second kappa shape index (κ2) is 10.3. The van der Waals surface area contributed by atoms with E-state index in [0.29, 0.717) is 0 Å². The highest BCUT2D eigenvalue weighted by molar-refractivity contribution is 5.32. The molecule has 0 saturated carbocycles. The summed E-state index contributed by atoms with van der Waals surface area (Å²) in [5.74, 6) is 0.926. The standard InChI is InChI=1S/C7H9N3.3C2H6/c1-5-3-10-4-6(2)9-7(10)8-5;3*1-2/h3-4H,1-2H3,(H,8,9);3*1-2H3. The Morgan fingerprint density at radius 1 is 0.938 bits per heavy atom. The molecule has 0 unspecified atom stereocenters. The molecule has 3 nitrogen and oxygen atoms in total. The van der Waals surface area contributed by atoms with E-state index in [1.807, 2.05) is 72.2 Å². The highest BCUT2D eigenvalue weighted by Crippen LogP contribution is 2.03. The number of imidazole rings is 2. The summed E-state index contributed by atoms with van der Waals surface area (Å²) in [4.78, 5) is 7.37. The van der Waals surface area contributed by atoms with E-state index < -0.39 is 0 Å². The first kappa shape index (κ1) is 17.2. The van der Waals surface area contributed by atoms with Gasteiger partial charge in [0, 0.05) is 18.1 Å². The number of aromatic amines is 1. The van der Waals surface area contributed by atoms with Gasteiger partial charge in [-0.2, -0.15) is 0 Å². The van der Waals surface area contributed by atoms with Crippen molar-refractivity contribution in [3.63, 3.8) is 0 Å². The highest BCUT2D eigenvalue weighted by atomic mass is 15.1. The van der Waals surface area contributed by atoms with Crippen LogP contribution in [0.3, 0.4) is 0 Å². The molecule has 0 amide bonds. The molecule has 16 heavy (non-hydrogen) atoms. The van der Waals surface area contributed by atoms with E-state index in [2.05, 4.69) is 9.97 Å². The molecule has 2 heterocycles. The third kappa shape index (κ3) is 5.01. The molecule has 0 radical (unpaired) electrons. The van der Waals surface area contributed by atoms with Gasteiger partial charge in [0.2, 0.25) is 5.78 Å². The molecule has 2 aromatic heterocycles. The van der Waals surface area contributed by atoms with Gasteiger partial charge in [0.05, 0.1) is 5.69 Å². The lowest BCUT2D eigenvalue weighted by Gasteiger charge is -1.75. The summed E-state index contributed by atoms with van der Waals surface area (Å²) in [6.07, 6.45) is 4.02. The van der Waals surface area contributed by atoms with Gasteiger partial charge in [0.15, 0.2) is 0 Å². The molecule has 0 aliphatic heterocycles. The lowest BCUT2D eigenvalue weighted by atomic mass is 10.5. The number of fused-ring (bicyclic) bond motifs is 1. The summed E-state index contributed by atoms with van der Waals surface area (Å²) in [5.41, 5.74) is 2.19. The highest BCUT2D eigenvalue weighted by Gasteiger charge is 1.97. The Hall–Kier alpha value is -1.25. The van der Waals surface area contributed by atoms with E-state index in [-0.39, 0.29) is 0 Å². The van der Waals surface area contributed by atoms with Crippen LogP contribution in [0.1, 0.15) is 52.9 Å². The largest absolute Gasteiger partial charge is 0.328 e. The maximum Gasteiger partial charge on any atom is 0.211 e. The molecular weight excluding hydrogens is 198 g/mol. The molecule has 0 saturated heterocycles. The van der Waals surface area contributed by atoms with Gasteiger partial charge < -0.3 is 4.98 Å². The Labute approximate surface area is 99.9 Å². The molecule has 0 bridgehead atoms. The van der Waals surface area contributed by atoms with Gasteiger partial charge in [-0.3, -0.25) is 4.40 Å². The van der Waals surface area contributed by atoms with Crippen LogP contribution >= 0.6 is 0 Å². The Bertz CT molecular complexity index is 295. The zero-order valence-electron chi connectivity index (χ0n) is 12.0. The number of nitrogens with zero attached hydrogens (tertiary/aromatic N) is 2. The summed E-state index contributed by atoms with van der Waals surface area (Å²) < 4.78 is 1.99. The Balaban J connectivity index is 0. The van der Waals surface area contributed by atoms with Crippen LogP contribution in [0.4, 0.5) is 0 Å². The number of H-pyrrole nitrogens is 1. The number of hydrogen-bond donors (Lipinski definition) is 1. The zero-order valence-corrected chi connectivity index (χ0v) is 12.0. The van der Waals surface area contributed by atoms with Crippen molar-refractivity contribution in [1.29, 1.82) is 0 Å². The summed E-state index contributed by atoms with van der Waals surface area (Å²) >= 11 is 0. The van der Waals surface area contributed by atoms with E-state index in [0.717, 1.165) is 17.2 Å². The normalized spacial score (nSPS) is 8.00. The molecule has 2 aromatic rings. The minimum atomic E-state index is 0.926. The third-order valence-electron chi connectivity index (χ3n) is 1.49. The van der Waals surface area contributed by atoms with Crippen LogP contribution in [0.2, 0.25) is 0 Å². The van der Waals surface area contributed by atoms with Crippen molar-refractivity contribution in [2.24, 2.45) is 0 Å². The number of nitrogens with one attached hydrogen (secondary N) is 1. The van der Waals surface area contributed by atoms with Gasteiger partial charge in [-0.25, -0.2) is 4.98 Å². The summed E-state index contributed by atoms with van der Waals surface area (Å²) in [5, 5.41) is 0. The van der Waals surface area contributed by atoms with Crippen molar-refractivity contribution in [3.05, 3.63) is 23.8 Å². The first-order valence-corrected chi connectivity index (χ1v) is 6.26. The maximum absolute atomic E-state index is 4.24. The lowest BCUT2D eigenvalue weighted by Crippen LogP contribution is -1.71. The van der Waals surface area contributed by atoms with Gasteiger partial charge in [0.25, 0.3) is 0 Å². The molecule has 3 heteroatoms. The van der Waals surface area contributed by atoms with Crippen molar-refractivity contribution in [2.45, 2.75) is 55.4 Å². The second-order valence-corrected chi connectivity index (χ2v) is 2.55. The number of hydrogen-bond acceptors (Lipinski definition) is 1. The predicted molar refractivity (Wildman–Crippen MR) is 73.1 cm³/mol. The topological polar surface area (TPSA) is 33.1 Å². The second-order valence-electron chi connectivity index (χ2n) is 2.55. The van der Waals surface area contributed by atoms with Crippen LogP contribution in [0.25, 0.3) is 5.78 Å². The SMILES string of the molecule is CC.CC.CC.Cc1cn2cc(C)[nH]c2n1. The molecule has 0 atom stereocenters. The van der Waals surface area contributed by atoms with E-state index in [1.165, 1.54) is 0 Å². The van der Waals surface area contributed by atoms with Gasteiger partial charge in [-0.15, -0.1) is 0 Å². The lowest BCUT2D eigenvalue weighted by molar-refractivity contribution is 1.21. The monoisotopic (exact) mass is 225 g/mol. The molecule has 0 aliphatic carbocycles. The smallest absolute Gasteiger partial charge is 0.211 e. The molecule has 0 fully saturated rings.